The Morgan fingerprint density at radius 1 is 1.32 bits per heavy atom. The molecule has 4 rings (SSSR count). The van der Waals surface area contributed by atoms with Crippen molar-refractivity contribution >= 4 is 17.0 Å². The highest BCUT2D eigenvalue weighted by Gasteiger charge is 2.45. The second-order valence-corrected chi connectivity index (χ2v) is 6.72. The van der Waals surface area contributed by atoms with E-state index in [4.69, 9.17) is 4.42 Å². The van der Waals surface area contributed by atoms with Crippen LogP contribution in [0, 0.1) is 13.8 Å². The van der Waals surface area contributed by atoms with Crippen LogP contribution in [0.2, 0.25) is 0 Å². The number of benzene rings is 1. The first kappa shape index (κ1) is 15.6. The first-order valence-corrected chi connectivity index (χ1v) is 8.33. The van der Waals surface area contributed by atoms with E-state index in [1.165, 1.54) is 17.5 Å². The van der Waals surface area contributed by atoms with Gasteiger partial charge in [-0.2, -0.15) is 0 Å². The molecule has 128 valence electrons. The number of fused-ring (bicyclic) bond motifs is 1. The molecule has 1 aliphatic rings. The van der Waals surface area contributed by atoms with Gasteiger partial charge in [0.25, 0.3) is 11.5 Å². The van der Waals surface area contributed by atoms with Crippen molar-refractivity contribution in [1.82, 2.24) is 15.3 Å². The molecule has 1 fully saturated rings. The molecule has 6 heteroatoms. The van der Waals surface area contributed by atoms with Gasteiger partial charge in [-0.15, -0.1) is 0 Å². The Bertz CT molecular complexity index is 1030. The lowest BCUT2D eigenvalue weighted by Gasteiger charge is -2.18. The van der Waals surface area contributed by atoms with E-state index in [0.29, 0.717) is 12.3 Å². The highest BCUT2D eigenvalue weighted by atomic mass is 16.3. The van der Waals surface area contributed by atoms with E-state index in [2.05, 4.69) is 34.3 Å². The van der Waals surface area contributed by atoms with Crippen LogP contribution in [0.15, 0.2) is 39.8 Å². The van der Waals surface area contributed by atoms with Gasteiger partial charge in [0.2, 0.25) is 5.71 Å². The van der Waals surface area contributed by atoms with Gasteiger partial charge < -0.3 is 14.7 Å². The zero-order valence-corrected chi connectivity index (χ0v) is 14.2. The number of carbonyl (C=O) groups is 1. The molecular formula is C19H19N3O3. The summed E-state index contributed by atoms with van der Waals surface area (Å²) in [6, 6.07) is 8.27. The quantitative estimate of drug-likeness (QED) is 0.766. The Balaban J connectivity index is 1.61. The fourth-order valence-corrected chi connectivity index (χ4v) is 3.52. The Morgan fingerprint density at radius 2 is 2.08 bits per heavy atom. The number of H-pyrrole nitrogens is 1. The van der Waals surface area contributed by atoms with Crippen LogP contribution in [0.5, 0.6) is 0 Å². The number of furan rings is 1. The van der Waals surface area contributed by atoms with E-state index in [9.17, 15) is 9.59 Å². The molecule has 0 radical (unpaired) electrons. The van der Waals surface area contributed by atoms with E-state index in [-0.39, 0.29) is 33.5 Å². The van der Waals surface area contributed by atoms with E-state index in [1.807, 2.05) is 12.1 Å². The van der Waals surface area contributed by atoms with Crippen molar-refractivity contribution in [3.8, 4) is 0 Å². The number of rotatable bonds is 4. The van der Waals surface area contributed by atoms with Crippen LogP contribution >= 0.6 is 0 Å². The third-order valence-corrected chi connectivity index (χ3v) is 5.05. The third-order valence-electron chi connectivity index (χ3n) is 5.05. The molecule has 0 atom stereocenters. The Morgan fingerprint density at radius 3 is 2.80 bits per heavy atom. The highest BCUT2D eigenvalue weighted by Crippen LogP contribution is 2.48. The molecule has 2 N–H and O–H groups in total. The minimum atomic E-state index is -0.368. The molecule has 6 nitrogen and oxygen atoms in total. The van der Waals surface area contributed by atoms with Crippen LogP contribution in [0.4, 0.5) is 0 Å². The minimum Gasteiger partial charge on any atom is -0.442 e. The molecule has 25 heavy (non-hydrogen) atoms. The fourth-order valence-electron chi connectivity index (χ4n) is 3.52. The molecule has 2 aromatic heterocycles. The maximum absolute atomic E-state index is 12.7. The number of aryl methyl sites for hydroxylation is 2. The van der Waals surface area contributed by atoms with Gasteiger partial charge in [0.05, 0.1) is 11.9 Å². The number of nitrogens with one attached hydrogen (secondary N) is 2. The van der Waals surface area contributed by atoms with E-state index < -0.39 is 0 Å². The summed E-state index contributed by atoms with van der Waals surface area (Å²) in [4.78, 5) is 31.3. The topological polar surface area (TPSA) is 88.0 Å². The summed E-state index contributed by atoms with van der Waals surface area (Å²) in [7, 11) is 0. The summed E-state index contributed by atoms with van der Waals surface area (Å²) in [6.07, 6.45) is 3.36. The molecule has 1 amide bonds. The molecular weight excluding hydrogens is 318 g/mol. The number of aromatic nitrogens is 2. The van der Waals surface area contributed by atoms with Crippen molar-refractivity contribution in [2.45, 2.75) is 32.1 Å². The molecule has 1 aromatic carbocycles. The lowest BCUT2D eigenvalue weighted by Crippen LogP contribution is -2.33. The lowest BCUT2D eigenvalue weighted by molar-refractivity contribution is 0.0949. The van der Waals surface area contributed by atoms with E-state index in [1.54, 1.807) is 6.92 Å². The molecule has 0 spiro atoms. The summed E-state index contributed by atoms with van der Waals surface area (Å²) in [5.41, 5.74) is 2.60. The number of carbonyl (C=O) groups excluding carboxylic acids is 1. The summed E-state index contributed by atoms with van der Waals surface area (Å²) < 4.78 is 5.46. The summed E-state index contributed by atoms with van der Waals surface area (Å²) in [5, 5.41) is 3.20. The lowest BCUT2D eigenvalue weighted by atomic mass is 9.92. The third kappa shape index (κ3) is 2.54. The molecule has 0 aliphatic heterocycles. The van der Waals surface area contributed by atoms with Crippen molar-refractivity contribution in [2.24, 2.45) is 0 Å². The first-order valence-electron chi connectivity index (χ1n) is 8.33. The maximum Gasteiger partial charge on any atom is 0.262 e. The molecule has 2 heterocycles. The summed E-state index contributed by atoms with van der Waals surface area (Å²) in [5.74, 6) is 0.104. The van der Waals surface area contributed by atoms with Crippen molar-refractivity contribution < 1.29 is 9.21 Å². The van der Waals surface area contributed by atoms with Crippen molar-refractivity contribution in [2.75, 3.05) is 6.54 Å². The zero-order chi connectivity index (χ0) is 17.6. The predicted molar refractivity (Wildman–Crippen MR) is 93.8 cm³/mol. The Labute approximate surface area is 144 Å². The number of amides is 1. The van der Waals surface area contributed by atoms with Crippen LogP contribution in [-0.4, -0.2) is 22.4 Å². The number of hydrogen-bond acceptors (Lipinski definition) is 4. The largest absolute Gasteiger partial charge is 0.442 e. The Hall–Kier alpha value is -2.89. The van der Waals surface area contributed by atoms with Gasteiger partial charge >= 0.3 is 0 Å². The minimum absolute atomic E-state index is 0.000876. The zero-order valence-electron chi connectivity index (χ0n) is 14.2. The smallest absolute Gasteiger partial charge is 0.262 e. The molecule has 0 bridgehead atoms. The summed E-state index contributed by atoms with van der Waals surface area (Å²) in [6.45, 7) is 4.31. The second kappa shape index (κ2) is 5.58. The van der Waals surface area contributed by atoms with E-state index in [0.717, 1.165) is 12.8 Å². The average Bonchev–Trinajstić information content (AvgIpc) is 3.29. The first-order chi connectivity index (χ1) is 12.0. The number of aromatic amines is 1. The molecule has 1 aliphatic carbocycles. The standard InChI is InChI=1S/C19H19N3O3/c1-11-5-3-4-6-13(11)19(7-8-19)9-20-16(23)14-12(2)25-18-15(14)17(24)21-10-22-18/h3-6,10H,7-9H2,1-2H3,(H,20,23)(H,21,22,24). The van der Waals surface area contributed by atoms with Gasteiger partial charge in [-0.25, -0.2) is 4.98 Å². The Kier molecular flexibility index (Phi) is 3.49. The van der Waals surface area contributed by atoms with Crippen molar-refractivity contribution in [3.63, 3.8) is 0 Å². The van der Waals surface area contributed by atoms with E-state index >= 15 is 0 Å². The number of nitrogens with zero attached hydrogens (tertiary/aromatic N) is 1. The van der Waals surface area contributed by atoms with Gasteiger partial charge in [-0.3, -0.25) is 9.59 Å². The number of hydrogen-bond donors (Lipinski definition) is 2. The monoisotopic (exact) mass is 337 g/mol. The van der Waals surface area contributed by atoms with Gasteiger partial charge in [0.15, 0.2) is 0 Å². The SMILES string of the molecule is Cc1ccccc1C1(CNC(=O)c2c(C)oc3nc[nH]c(=O)c23)CC1. The predicted octanol–water partition coefficient (Wildman–Crippen LogP) is 2.59. The molecule has 3 aromatic rings. The molecule has 0 unspecified atom stereocenters. The van der Waals surface area contributed by atoms with Crippen LogP contribution < -0.4 is 10.9 Å². The van der Waals surface area contributed by atoms with Crippen LogP contribution in [0.25, 0.3) is 11.1 Å². The van der Waals surface area contributed by atoms with Gasteiger partial charge in [-0.05, 0) is 37.8 Å². The van der Waals surface area contributed by atoms with Gasteiger partial charge in [-0.1, -0.05) is 24.3 Å². The van der Waals surface area contributed by atoms with Gasteiger partial charge in [0.1, 0.15) is 11.1 Å². The fraction of sp³-hybridized carbons (Fsp3) is 0.316. The average molecular weight is 337 g/mol. The van der Waals surface area contributed by atoms with Gasteiger partial charge in [0, 0.05) is 12.0 Å². The van der Waals surface area contributed by atoms with Crippen molar-refractivity contribution in [1.29, 1.82) is 0 Å². The second-order valence-electron chi connectivity index (χ2n) is 6.72. The summed E-state index contributed by atoms with van der Waals surface area (Å²) >= 11 is 0. The molecule has 1 saturated carbocycles. The van der Waals surface area contributed by atoms with Crippen LogP contribution in [-0.2, 0) is 5.41 Å². The molecule has 0 saturated heterocycles. The van der Waals surface area contributed by atoms with Crippen molar-refractivity contribution in [3.05, 3.63) is 63.4 Å². The van der Waals surface area contributed by atoms with Crippen LogP contribution in [0.3, 0.4) is 0 Å². The highest BCUT2D eigenvalue weighted by molar-refractivity contribution is 6.06. The normalized spacial score (nSPS) is 15.3. The van der Waals surface area contributed by atoms with Crippen LogP contribution in [0.1, 0.15) is 40.1 Å². The maximum atomic E-state index is 12.7.